The van der Waals surface area contributed by atoms with E-state index in [1.165, 1.54) is 7.11 Å². The Morgan fingerprint density at radius 2 is 2.05 bits per heavy atom. The minimum absolute atomic E-state index is 0.121. The van der Waals surface area contributed by atoms with Crippen LogP contribution < -0.4 is 5.32 Å². The van der Waals surface area contributed by atoms with E-state index in [1.54, 1.807) is 0 Å². The first-order valence-electron chi connectivity index (χ1n) is 7.33. The monoisotopic (exact) mass is 305 g/mol. The van der Waals surface area contributed by atoms with Crippen molar-refractivity contribution in [3.05, 3.63) is 0 Å². The molecule has 1 aliphatic carbocycles. The Morgan fingerprint density at radius 1 is 1.40 bits per heavy atom. The largest absolute Gasteiger partial charge is 0.469 e. The summed E-state index contributed by atoms with van der Waals surface area (Å²) in [5.74, 6) is -0.000625. The van der Waals surface area contributed by atoms with Gasteiger partial charge in [0.2, 0.25) is 0 Å². The zero-order chi connectivity index (χ0) is 15.2. The van der Waals surface area contributed by atoms with Gasteiger partial charge in [-0.05, 0) is 44.6 Å². The SMILES string of the molecule is CCCNC(C)CCS(=O)(=O)CC1(CC(=O)OC)CC1. The molecule has 118 valence electrons. The number of ether oxygens (including phenoxy) is 1. The second-order valence-corrected chi connectivity index (χ2v) is 8.17. The van der Waals surface area contributed by atoms with Gasteiger partial charge in [-0.2, -0.15) is 0 Å². The number of esters is 1. The van der Waals surface area contributed by atoms with Gasteiger partial charge < -0.3 is 10.1 Å². The normalized spacial score (nSPS) is 18.6. The van der Waals surface area contributed by atoms with Crippen molar-refractivity contribution in [1.82, 2.24) is 5.32 Å². The van der Waals surface area contributed by atoms with Crippen LogP contribution in [-0.4, -0.2) is 45.6 Å². The lowest BCUT2D eigenvalue weighted by Gasteiger charge is -2.16. The van der Waals surface area contributed by atoms with E-state index in [0.717, 1.165) is 25.8 Å². The summed E-state index contributed by atoms with van der Waals surface area (Å²) < 4.78 is 28.9. The van der Waals surface area contributed by atoms with E-state index >= 15 is 0 Å². The second kappa shape index (κ2) is 7.41. The quantitative estimate of drug-likeness (QED) is 0.620. The molecule has 1 rings (SSSR count). The maximum atomic E-state index is 12.2. The van der Waals surface area contributed by atoms with Crippen molar-refractivity contribution in [2.45, 2.75) is 52.0 Å². The maximum absolute atomic E-state index is 12.2. The standard InChI is InChI=1S/C14H27NO4S/c1-4-8-15-12(2)5-9-20(17,18)11-14(6-7-14)10-13(16)19-3/h12,15H,4-11H2,1-3H3. The first-order chi connectivity index (χ1) is 9.32. The Bertz CT molecular complexity index is 415. The number of hydrogen-bond donors (Lipinski definition) is 1. The van der Waals surface area contributed by atoms with Gasteiger partial charge >= 0.3 is 5.97 Å². The summed E-state index contributed by atoms with van der Waals surface area (Å²) in [6, 6.07) is 0.209. The molecule has 0 spiro atoms. The van der Waals surface area contributed by atoms with Crippen LogP contribution in [0.3, 0.4) is 0 Å². The fraction of sp³-hybridized carbons (Fsp3) is 0.929. The summed E-state index contributed by atoms with van der Waals surface area (Å²) in [6.45, 7) is 5.00. The predicted octanol–water partition coefficient (Wildman–Crippen LogP) is 1.52. The number of carbonyl (C=O) groups excluding carboxylic acids is 1. The van der Waals surface area contributed by atoms with Gasteiger partial charge in [0, 0.05) is 6.04 Å². The van der Waals surface area contributed by atoms with Crippen LogP contribution >= 0.6 is 0 Å². The summed E-state index contributed by atoms with van der Waals surface area (Å²) in [4.78, 5) is 11.3. The second-order valence-electron chi connectivity index (χ2n) is 5.99. The molecule has 0 amide bonds. The number of carbonyl (C=O) groups is 1. The van der Waals surface area contributed by atoms with Crippen LogP contribution in [0.1, 0.15) is 46.0 Å². The molecule has 0 aliphatic heterocycles. The third-order valence-electron chi connectivity index (χ3n) is 3.83. The van der Waals surface area contributed by atoms with Gasteiger partial charge in [-0.1, -0.05) is 6.92 Å². The van der Waals surface area contributed by atoms with Crippen molar-refractivity contribution in [3.8, 4) is 0 Å². The molecule has 0 heterocycles. The summed E-state index contributed by atoms with van der Waals surface area (Å²) in [7, 11) is -1.76. The maximum Gasteiger partial charge on any atom is 0.306 e. The molecular weight excluding hydrogens is 278 g/mol. The Labute approximate surface area is 122 Å². The molecule has 1 unspecified atom stereocenters. The van der Waals surface area contributed by atoms with E-state index in [9.17, 15) is 13.2 Å². The van der Waals surface area contributed by atoms with Crippen LogP contribution in [0.4, 0.5) is 0 Å². The molecule has 0 aromatic rings. The van der Waals surface area contributed by atoms with Gasteiger partial charge in [-0.3, -0.25) is 4.79 Å². The van der Waals surface area contributed by atoms with Crippen LogP contribution in [0.25, 0.3) is 0 Å². The lowest BCUT2D eigenvalue weighted by Crippen LogP contribution is -2.30. The van der Waals surface area contributed by atoms with Crippen LogP contribution in [0.15, 0.2) is 0 Å². The van der Waals surface area contributed by atoms with Crippen LogP contribution in [0.2, 0.25) is 0 Å². The summed E-state index contributed by atoms with van der Waals surface area (Å²) in [6.07, 6.45) is 3.51. The molecule has 6 heteroatoms. The zero-order valence-electron chi connectivity index (χ0n) is 12.8. The van der Waals surface area contributed by atoms with Crippen molar-refractivity contribution < 1.29 is 17.9 Å². The highest BCUT2D eigenvalue weighted by molar-refractivity contribution is 7.91. The highest BCUT2D eigenvalue weighted by Crippen LogP contribution is 2.50. The van der Waals surface area contributed by atoms with E-state index in [4.69, 9.17) is 0 Å². The highest BCUT2D eigenvalue weighted by Gasteiger charge is 2.47. The number of hydrogen-bond acceptors (Lipinski definition) is 5. The Kier molecular flexibility index (Phi) is 6.45. The number of rotatable bonds is 10. The molecule has 1 fully saturated rings. The van der Waals surface area contributed by atoms with E-state index in [1.807, 2.05) is 6.92 Å². The molecule has 5 nitrogen and oxygen atoms in total. The molecule has 0 radical (unpaired) electrons. The molecule has 1 aliphatic rings. The third-order valence-corrected chi connectivity index (χ3v) is 5.74. The van der Waals surface area contributed by atoms with E-state index in [2.05, 4.69) is 17.0 Å². The summed E-state index contributed by atoms with van der Waals surface area (Å²) >= 11 is 0. The topological polar surface area (TPSA) is 72.5 Å². The molecule has 0 aromatic heterocycles. The number of nitrogens with one attached hydrogen (secondary N) is 1. The molecule has 20 heavy (non-hydrogen) atoms. The molecule has 1 atom stereocenters. The first kappa shape index (κ1) is 17.4. The molecule has 0 bridgehead atoms. The van der Waals surface area contributed by atoms with E-state index < -0.39 is 9.84 Å². The molecular formula is C14H27NO4S. The lowest BCUT2D eigenvalue weighted by molar-refractivity contribution is -0.141. The third kappa shape index (κ3) is 6.22. The van der Waals surface area contributed by atoms with Crippen LogP contribution in [0.5, 0.6) is 0 Å². The number of sulfone groups is 1. The molecule has 1 N–H and O–H groups in total. The van der Waals surface area contributed by atoms with Crippen molar-refractivity contribution >= 4 is 15.8 Å². The fourth-order valence-corrected chi connectivity index (χ4v) is 4.50. The van der Waals surface area contributed by atoms with Gasteiger partial charge in [0.1, 0.15) is 0 Å². The van der Waals surface area contributed by atoms with Crippen molar-refractivity contribution in [1.29, 1.82) is 0 Å². The Morgan fingerprint density at radius 3 is 2.55 bits per heavy atom. The van der Waals surface area contributed by atoms with Crippen LogP contribution in [0, 0.1) is 5.41 Å². The van der Waals surface area contributed by atoms with Crippen LogP contribution in [-0.2, 0) is 19.4 Å². The van der Waals surface area contributed by atoms with Gasteiger partial charge in [0.25, 0.3) is 0 Å². The molecule has 0 saturated heterocycles. The fourth-order valence-electron chi connectivity index (χ4n) is 2.32. The Balaban J connectivity index is 2.40. The molecule has 1 saturated carbocycles. The first-order valence-corrected chi connectivity index (χ1v) is 9.15. The zero-order valence-corrected chi connectivity index (χ0v) is 13.6. The smallest absolute Gasteiger partial charge is 0.306 e. The van der Waals surface area contributed by atoms with Crippen molar-refractivity contribution in [2.75, 3.05) is 25.2 Å². The Hall–Kier alpha value is -0.620. The summed E-state index contributed by atoms with van der Waals surface area (Å²) in [5, 5.41) is 3.29. The van der Waals surface area contributed by atoms with Crippen molar-refractivity contribution in [3.63, 3.8) is 0 Å². The van der Waals surface area contributed by atoms with Gasteiger partial charge in [-0.15, -0.1) is 0 Å². The minimum atomic E-state index is -3.10. The van der Waals surface area contributed by atoms with E-state index in [-0.39, 0.29) is 35.4 Å². The number of methoxy groups -OCH3 is 1. The average molecular weight is 305 g/mol. The van der Waals surface area contributed by atoms with E-state index in [0.29, 0.717) is 6.42 Å². The van der Waals surface area contributed by atoms with Gasteiger partial charge in [-0.25, -0.2) is 8.42 Å². The minimum Gasteiger partial charge on any atom is -0.469 e. The lowest BCUT2D eigenvalue weighted by atomic mass is 10.1. The molecule has 0 aromatic carbocycles. The summed E-state index contributed by atoms with van der Waals surface area (Å²) in [5.41, 5.74) is -0.341. The predicted molar refractivity (Wildman–Crippen MR) is 79.3 cm³/mol. The van der Waals surface area contributed by atoms with Crippen molar-refractivity contribution in [2.24, 2.45) is 5.41 Å². The highest BCUT2D eigenvalue weighted by atomic mass is 32.2. The van der Waals surface area contributed by atoms with Gasteiger partial charge in [0.05, 0.1) is 25.0 Å². The van der Waals surface area contributed by atoms with Gasteiger partial charge in [0.15, 0.2) is 9.84 Å². The average Bonchev–Trinajstić information content (AvgIpc) is 3.12.